The van der Waals surface area contributed by atoms with Crippen molar-refractivity contribution < 1.29 is 9.90 Å². The molecule has 0 spiro atoms. The number of nitrogens with one attached hydrogen (secondary N) is 1. The minimum absolute atomic E-state index is 0.0339. The van der Waals surface area contributed by atoms with Gasteiger partial charge in [-0.3, -0.25) is 4.79 Å². The van der Waals surface area contributed by atoms with Crippen LogP contribution in [0.1, 0.15) is 43.2 Å². The molecule has 2 aliphatic carbocycles. The van der Waals surface area contributed by atoms with Gasteiger partial charge in [-0.15, -0.1) is 0 Å². The quantitative estimate of drug-likeness (QED) is 0.868. The molecule has 0 radical (unpaired) electrons. The van der Waals surface area contributed by atoms with Crippen molar-refractivity contribution in [2.24, 2.45) is 5.92 Å². The molecule has 20 heavy (non-hydrogen) atoms. The van der Waals surface area contributed by atoms with Crippen LogP contribution in [0.2, 0.25) is 0 Å². The van der Waals surface area contributed by atoms with Crippen LogP contribution in [-0.4, -0.2) is 23.2 Å². The van der Waals surface area contributed by atoms with Crippen LogP contribution in [0.3, 0.4) is 0 Å². The molecule has 0 saturated heterocycles. The topological polar surface area (TPSA) is 49.3 Å². The van der Waals surface area contributed by atoms with E-state index in [9.17, 15) is 9.90 Å². The van der Waals surface area contributed by atoms with Crippen molar-refractivity contribution in [3.05, 3.63) is 35.4 Å². The third kappa shape index (κ3) is 2.88. The molecular formula is C17H23NO2. The van der Waals surface area contributed by atoms with Crippen LogP contribution in [0.4, 0.5) is 0 Å². The van der Waals surface area contributed by atoms with Gasteiger partial charge in [-0.25, -0.2) is 0 Å². The maximum absolute atomic E-state index is 12.4. The molecule has 0 bridgehead atoms. The van der Waals surface area contributed by atoms with E-state index in [1.54, 1.807) is 0 Å². The van der Waals surface area contributed by atoms with Crippen molar-refractivity contribution in [1.29, 1.82) is 0 Å². The van der Waals surface area contributed by atoms with Crippen molar-refractivity contribution >= 4 is 5.91 Å². The highest BCUT2D eigenvalue weighted by Gasteiger charge is 2.29. The van der Waals surface area contributed by atoms with E-state index in [0.717, 1.165) is 44.9 Å². The highest BCUT2D eigenvalue weighted by molar-refractivity contribution is 5.79. The minimum Gasteiger partial charge on any atom is -0.391 e. The van der Waals surface area contributed by atoms with Gasteiger partial charge in [0.05, 0.1) is 12.1 Å². The van der Waals surface area contributed by atoms with Crippen LogP contribution in [0.25, 0.3) is 0 Å². The molecular weight excluding hydrogens is 250 g/mol. The van der Waals surface area contributed by atoms with E-state index in [2.05, 4.69) is 23.5 Å². The monoisotopic (exact) mass is 273 g/mol. The van der Waals surface area contributed by atoms with Gasteiger partial charge in [0.15, 0.2) is 0 Å². The molecule has 2 aliphatic rings. The fraction of sp³-hybridized carbons (Fsp3) is 0.588. The Morgan fingerprint density at radius 1 is 1.10 bits per heavy atom. The summed E-state index contributed by atoms with van der Waals surface area (Å²) in [6.07, 6.45) is 6.30. The van der Waals surface area contributed by atoms with E-state index in [1.165, 1.54) is 11.1 Å². The predicted octanol–water partition coefficient (Wildman–Crippen LogP) is 2.21. The van der Waals surface area contributed by atoms with E-state index in [-0.39, 0.29) is 24.0 Å². The van der Waals surface area contributed by atoms with Crippen LogP contribution >= 0.6 is 0 Å². The molecule has 0 heterocycles. The zero-order valence-electron chi connectivity index (χ0n) is 11.8. The summed E-state index contributed by atoms with van der Waals surface area (Å²) in [6.45, 7) is 0. The lowest BCUT2D eigenvalue weighted by atomic mass is 9.83. The first-order chi connectivity index (χ1) is 9.74. The van der Waals surface area contributed by atoms with Crippen LogP contribution in [0.5, 0.6) is 0 Å². The Labute approximate surface area is 120 Å². The van der Waals surface area contributed by atoms with Gasteiger partial charge in [-0.05, 0) is 43.2 Å². The summed E-state index contributed by atoms with van der Waals surface area (Å²) >= 11 is 0. The molecule has 1 aromatic carbocycles. The number of aliphatic hydroxyl groups is 1. The van der Waals surface area contributed by atoms with Gasteiger partial charge in [-0.1, -0.05) is 37.1 Å². The predicted molar refractivity (Wildman–Crippen MR) is 78.4 cm³/mol. The number of amides is 1. The van der Waals surface area contributed by atoms with Gasteiger partial charge >= 0.3 is 0 Å². The molecule has 1 saturated carbocycles. The van der Waals surface area contributed by atoms with Crippen LogP contribution in [0.15, 0.2) is 24.3 Å². The molecule has 1 unspecified atom stereocenters. The molecule has 2 N–H and O–H groups in total. The summed E-state index contributed by atoms with van der Waals surface area (Å²) in [5.74, 6) is 0.199. The van der Waals surface area contributed by atoms with E-state index in [1.807, 2.05) is 6.07 Å². The number of benzene rings is 1. The maximum atomic E-state index is 12.4. The molecule has 0 aliphatic heterocycles. The second-order valence-electron chi connectivity index (χ2n) is 6.18. The van der Waals surface area contributed by atoms with Crippen LogP contribution in [0, 0.1) is 5.92 Å². The number of hydrogen-bond acceptors (Lipinski definition) is 2. The smallest absolute Gasteiger partial charge is 0.223 e. The summed E-state index contributed by atoms with van der Waals surface area (Å²) in [6, 6.07) is 8.37. The van der Waals surface area contributed by atoms with Crippen molar-refractivity contribution in [1.82, 2.24) is 5.32 Å². The van der Waals surface area contributed by atoms with Crippen molar-refractivity contribution in [2.45, 2.75) is 57.1 Å². The molecule has 0 aromatic heterocycles. The van der Waals surface area contributed by atoms with E-state index in [4.69, 9.17) is 0 Å². The summed E-state index contributed by atoms with van der Waals surface area (Å²) in [7, 11) is 0. The summed E-state index contributed by atoms with van der Waals surface area (Å²) < 4.78 is 0. The first-order valence-corrected chi connectivity index (χ1v) is 7.79. The lowest BCUT2D eigenvalue weighted by Crippen LogP contribution is -2.47. The van der Waals surface area contributed by atoms with Crippen molar-refractivity contribution in [3.8, 4) is 0 Å². The van der Waals surface area contributed by atoms with Gasteiger partial charge in [0, 0.05) is 5.92 Å². The fourth-order valence-electron chi connectivity index (χ4n) is 3.50. The second kappa shape index (κ2) is 5.96. The number of rotatable bonds is 2. The number of carbonyl (C=O) groups excluding carboxylic acids is 1. The van der Waals surface area contributed by atoms with Gasteiger partial charge in [0.1, 0.15) is 0 Å². The van der Waals surface area contributed by atoms with Gasteiger partial charge in [0.2, 0.25) is 5.91 Å². The highest BCUT2D eigenvalue weighted by Crippen LogP contribution is 2.26. The molecule has 108 valence electrons. The van der Waals surface area contributed by atoms with E-state index in [0.29, 0.717) is 0 Å². The Morgan fingerprint density at radius 3 is 2.65 bits per heavy atom. The number of fused-ring (bicyclic) bond motifs is 1. The lowest BCUT2D eigenvalue weighted by molar-refractivity contribution is -0.127. The molecule has 3 heteroatoms. The van der Waals surface area contributed by atoms with Crippen LogP contribution < -0.4 is 5.32 Å². The van der Waals surface area contributed by atoms with Crippen molar-refractivity contribution in [2.75, 3.05) is 0 Å². The van der Waals surface area contributed by atoms with Gasteiger partial charge < -0.3 is 10.4 Å². The Kier molecular flexibility index (Phi) is 4.06. The zero-order valence-corrected chi connectivity index (χ0v) is 11.8. The summed E-state index contributed by atoms with van der Waals surface area (Å²) in [5, 5.41) is 13.0. The number of hydrogen-bond donors (Lipinski definition) is 2. The largest absolute Gasteiger partial charge is 0.391 e. The molecule has 1 fully saturated rings. The Morgan fingerprint density at radius 2 is 1.85 bits per heavy atom. The highest BCUT2D eigenvalue weighted by atomic mass is 16.3. The first-order valence-electron chi connectivity index (χ1n) is 7.79. The summed E-state index contributed by atoms with van der Waals surface area (Å²) in [5.41, 5.74) is 2.69. The Bertz CT molecular complexity index is 486. The molecule has 3 nitrogen and oxygen atoms in total. The zero-order chi connectivity index (χ0) is 13.9. The Balaban J connectivity index is 1.61. The van der Waals surface area contributed by atoms with Gasteiger partial charge in [0.25, 0.3) is 0 Å². The fourth-order valence-corrected chi connectivity index (χ4v) is 3.50. The third-order valence-corrected chi connectivity index (χ3v) is 4.77. The molecule has 1 amide bonds. The average Bonchev–Trinajstić information content (AvgIpc) is 2.49. The minimum atomic E-state index is -0.358. The lowest BCUT2D eigenvalue weighted by Gasteiger charge is -2.31. The van der Waals surface area contributed by atoms with E-state index < -0.39 is 0 Å². The van der Waals surface area contributed by atoms with Crippen molar-refractivity contribution in [3.63, 3.8) is 0 Å². The first kappa shape index (κ1) is 13.6. The van der Waals surface area contributed by atoms with Gasteiger partial charge in [-0.2, -0.15) is 0 Å². The molecule has 3 rings (SSSR count). The average molecular weight is 273 g/mol. The molecule has 3 atom stereocenters. The second-order valence-corrected chi connectivity index (χ2v) is 6.18. The SMILES string of the molecule is O=C(N[C@@H]1CCCC[C@H]1O)C1CCc2ccccc2C1. The van der Waals surface area contributed by atoms with E-state index >= 15 is 0 Å². The standard InChI is InChI=1S/C17H23NO2/c19-16-8-4-3-7-15(16)18-17(20)14-10-9-12-5-1-2-6-13(12)11-14/h1-2,5-6,14-16,19H,3-4,7-11H2,(H,18,20)/t14?,15-,16-/m1/s1. The van der Waals surface area contributed by atoms with Crippen LogP contribution in [-0.2, 0) is 17.6 Å². The maximum Gasteiger partial charge on any atom is 0.223 e. The number of aliphatic hydroxyl groups excluding tert-OH is 1. The molecule has 1 aromatic rings. The Hall–Kier alpha value is -1.35. The summed E-state index contributed by atoms with van der Waals surface area (Å²) in [4.78, 5) is 12.4. The normalized spacial score (nSPS) is 29.6. The third-order valence-electron chi connectivity index (χ3n) is 4.77. The number of carbonyl (C=O) groups is 1. The number of aryl methyl sites for hydroxylation is 1.